The van der Waals surface area contributed by atoms with E-state index in [2.05, 4.69) is 34.6 Å². The van der Waals surface area contributed by atoms with E-state index in [9.17, 15) is 0 Å². The highest BCUT2D eigenvalue weighted by atomic mass is 16.3. The molecule has 5 N–H and O–H groups in total. The maximum Gasteiger partial charge on any atom is 0.148 e. The minimum absolute atomic E-state index is 0.246. The van der Waals surface area contributed by atoms with Crippen molar-refractivity contribution < 1.29 is 5.11 Å². The predicted octanol–water partition coefficient (Wildman–Crippen LogP) is 1.77. The van der Waals surface area contributed by atoms with E-state index >= 15 is 0 Å². The van der Waals surface area contributed by atoms with Gasteiger partial charge < -0.3 is 15.8 Å². The third-order valence-electron chi connectivity index (χ3n) is 4.05. The largest absolute Gasteiger partial charge is 0.396 e. The minimum atomic E-state index is 0.246. The summed E-state index contributed by atoms with van der Waals surface area (Å²) in [6, 6.07) is 0. The molecule has 0 spiro atoms. The van der Waals surface area contributed by atoms with Crippen LogP contribution in [0.1, 0.15) is 50.4 Å². The van der Waals surface area contributed by atoms with Gasteiger partial charge in [-0.2, -0.15) is 0 Å². The lowest BCUT2D eigenvalue weighted by Crippen LogP contribution is -2.20. The average molecular weight is 279 g/mol. The summed E-state index contributed by atoms with van der Waals surface area (Å²) >= 11 is 0. The Morgan fingerprint density at radius 2 is 1.95 bits per heavy atom. The molecule has 6 heteroatoms. The normalized spacial score (nSPS) is 16.3. The van der Waals surface area contributed by atoms with Gasteiger partial charge in [0.05, 0.1) is 0 Å². The number of aromatic nitrogens is 2. The Bertz CT molecular complexity index is 471. The molecule has 1 aromatic rings. The number of hydrogen-bond donors (Lipinski definition) is 4. The summed E-state index contributed by atoms with van der Waals surface area (Å²) in [5, 5.41) is 12.5. The molecule has 0 radical (unpaired) electrons. The van der Waals surface area contributed by atoms with E-state index in [0.717, 1.165) is 30.2 Å². The van der Waals surface area contributed by atoms with Crippen molar-refractivity contribution in [1.82, 2.24) is 9.97 Å². The molecule has 1 saturated carbocycles. The number of aliphatic hydroxyl groups excluding tert-OH is 1. The van der Waals surface area contributed by atoms with Crippen molar-refractivity contribution in [3.8, 4) is 0 Å². The first-order valence-electron chi connectivity index (χ1n) is 7.21. The van der Waals surface area contributed by atoms with Gasteiger partial charge in [-0.05, 0) is 31.6 Å². The Hall–Kier alpha value is -1.40. The Balaban J connectivity index is 2.15. The number of nitrogens with two attached hydrogens (primary N) is 1. The molecular weight excluding hydrogens is 254 g/mol. The zero-order chi connectivity index (χ0) is 14.8. The molecule has 1 aliphatic rings. The van der Waals surface area contributed by atoms with Gasteiger partial charge in [-0.15, -0.1) is 0 Å². The van der Waals surface area contributed by atoms with E-state index in [4.69, 9.17) is 10.9 Å². The first-order chi connectivity index (χ1) is 9.51. The maximum atomic E-state index is 9.11. The third kappa shape index (κ3) is 3.19. The molecule has 1 fully saturated rings. The molecule has 0 aromatic carbocycles. The molecular formula is C14H25N5O. The van der Waals surface area contributed by atoms with Crippen molar-refractivity contribution in [2.24, 2.45) is 11.3 Å². The van der Waals surface area contributed by atoms with Crippen molar-refractivity contribution in [2.75, 3.05) is 23.9 Å². The lowest BCUT2D eigenvalue weighted by Gasteiger charge is -2.18. The monoisotopic (exact) mass is 279 g/mol. The van der Waals surface area contributed by atoms with Crippen LogP contribution in [0.5, 0.6) is 0 Å². The van der Waals surface area contributed by atoms with Gasteiger partial charge in [-0.3, -0.25) is 0 Å². The summed E-state index contributed by atoms with van der Waals surface area (Å²) < 4.78 is 0. The quantitative estimate of drug-likeness (QED) is 0.449. The van der Waals surface area contributed by atoms with Crippen LogP contribution in [-0.2, 0) is 0 Å². The van der Waals surface area contributed by atoms with Crippen LogP contribution < -0.4 is 16.6 Å². The smallest absolute Gasteiger partial charge is 0.148 e. The topological polar surface area (TPSA) is 96.1 Å². The highest BCUT2D eigenvalue weighted by molar-refractivity contribution is 5.57. The van der Waals surface area contributed by atoms with Gasteiger partial charge >= 0.3 is 0 Å². The molecule has 0 atom stereocenters. The molecule has 0 amide bonds. The van der Waals surface area contributed by atoms with E-state index in [1.807, 2.05) is 6.92 Å². The molecule has 1 aliphatic carbocycles. The molecule has 1 aromatic heterocycles. The van der Waals surface area contributed by atoms with Crippen molar-refractivity contribution in [3.63, 3.8) is 0 Å². The number of nitrogens with zero attached hydrogens (tertiary/aromatic N) is 2. The van der Waals surface area contributed by atoms with Crippen LogP contribution in [0.2, 0.25) is 0 Å². The molecule has 1 heterocycles. The minimum Gasteiger partial charge on any atom is -0.396 e. The van der Waals surface area contributed by atoms with Crippen molar-refractivity contribution >= 4 is 11.6 Å². The van der Waals surface area contributed by atoms with Gasteiger partial charge in [0.25, 0.3) is 0 Å². The Morgan fingerprint density at radius 3 is 2.45 bits per heavy atom. The van der Waals surface area contributed by atoms with Crippen molar-refractivity contribution in [1.29, 1.82) is 0 Å². The van der Waals surface area contributed by atoms with Crippen molar-refractivity contribution in [2.45, 2.75) is 46.0 Å². The van der Waals surface area contributed by atoms with E-state index in [-0.39, 0.29) is 17.9 Å². The van der Waals surface area contributed by atoms with Crippen molar-refractivity contribution in [3.05, 3.63) is 11.4 Å². The number of hydrazine groups is 1. The average Bonchev–Trinajstić information content (AvgIpc) is 3.18. The van der Waals surface area contributed by atoms with Gasteiger partial charge in [0.2, 0.25) is 0 Å². The van der Waals surface area contributed by atoms with Gasteiger partial charge in [-0.25, -0.2) is 15.8 Å². The first-order valence-corrected chi connectivity index (χ1v) is 7.21. The number of rotatable bonds is 7. The standard InChI is InChI=1S/C14H25N5O/c1-9(2)11-17-12(10(3)13(18-11)19-15)16-8-14(4-5-14)6-7-20/h9,20H,4-8,15H2,1-3H3,(H2,16,17,18,19). The van der Waals surface area contributed by atoms with Crippen LogP contribution in [-0.4, -0.2) is 28.2 Å². The van der Waals surface area contributed by atoms with Crippen LogP contribution in [0, 0.1) is 12.3 Å². The second kappa shape index (κ2) is 5.93. The van der Waals surface area contributed by atoms with E-state index in [0.29, 0.717) is 5.82 Å². The molecule has 20 heavy (non-hydrogen) atoms. The lowest BCUT2D eigenvalue weighted by atomic mass is 10.0. The molecule has 6 nitrogen and oxygen atoms in total. The number of nitrogen functional groups attached to an aromatic ring is 1. The number of nitrogens with one attached hydrogen (secondary N) is 2. The Labute approximate surface area is 120 Å². The van der Waals surface area contributed by atoms with Gasteiger partial charge in [0.1, 0.15) is 17.5 Å². The fourth-order valence-corrected chi connectivity index (χ4v) is 2.31. The van der Waals surface area contributed by atoms with Crippen LogP contribution in [0.4, 0.5) is 11.6 Å². The fourth-order valence-electron chi connectivity index (χ4n) is 2.31. The van der Waals surface area contributed by atoms with E-state index in [1.54, 1.807) is 0 Å². The van der Waals surface area contributed by atoms with Crippen LogP contribution in [0.25, 0.3) is 0 Å². The summed E-state index contributed by atoms with van der Waals surface area (Å²) in [5.41, 5.74) is 3.82. The fraction of sp³-hybridized carbons (Fsp3) is 0.714. The van der Waals surface area contributed by atoms with Gasteiger partial charge in [0.15, 0.2) is 0 Å². The van der Waals surface area contributed by atoms with E-state index in [1.165, 1.54) is 12.8 Å². The maximum absolute atomic E-state index is 9.11. The molecule has 0 bridgehead atoms. The summed E-state index contributed by atoms with van der Waals surface area (Å²) in [6.07, 6.45) is 3.19. The summed E-state index contributed by atoms with van der Waals surface area (Å²) in [7, 11) is 0. The highest BCUT2D eigenvalue weighted by Gasteiger charge is 2.41. The van der Waals surface area contributed by atoms with Gasteiger partial charge in [0, 0.05) is 24.6 Å². The van der Waals surface area contributed by atoms with Gasteiger partial charge in [-0.1, -0.05) is 13.8 Å². The molecule has 0 unspecified atom stereocenters. The molecule has 0 aliphatic heterocycles. The van der Waals surface area contributed by atoms with Crippen LogP contribution in [0.15, 0.2) is 0 Å². The van der Waals surface area contributed by atoms with Crippen LogP contribution in [0.3, 0.4) is 0 Å². The summed E-state index contributed by atoms with van der Waals surface area (Å²) in [4.78, 5) is 9.01. The molecule has 0 saturated heterocycles. The lowest BCUT2D eigenvalue weighted by molar-refractivity contribution is 0.253. The predicted molar refractivity (Wildman–Crippen MR) is 80.5 cm³/mol. The number of aliphatic hydroxyl groups is 1. The zero-order valence-corrected chi connectivity index (χ0v) is 12.5. The Kier molecular flexibility index (Phi) is 4.45. The third-order valence-corrected chi connectivity index (χ3v) is 4.05. The first kappa shape index (κ1) is 15.0. The second-order valence-corrected chi connectivity index (χ2v) is 6.03. The SMILES string of the molecule is Cc1c(NN)nc(C(C)C)nc1NCC1(CCO)CC1. The molecule has 112 valence electrons. The highest BCUT2D eigenvalue weighted by Crippen LogP contribution is 2.48. The molecule has 2 rings (SSSR count). The summed E-state index contributed by atoms with van der Waals surface area (Å²) in [6.45, 7) is 7.16. The second-order valence-electron chi connectivity index (χ2n) is 6.03. The summed E-state index contributed by atoms with van der Waals surface area (Å²) in [5.74, 6) is 8.05. The number of anilines is 2. The zero-order valence-electron chi connectivity index (χ0n) is 12.5. The number of hydrogen-bond acceptors (Lipinski definition) is 6. The van der Waals surface area contributed by atoms with E-state index < -0.39 is 0 Å². The Morgan fingerprint density at radius 1 is 1.30 bits per heavy atom. The van der Waals surface area contributed by atoms with Crippen LogP contribution >= 0.6 is 0 Å².